The van der Waals surface area contributed by atoms with E-state index in [2.05, 4.69) is 0 Å². The molecule has 2 aromatic carbocycles. The van der Waals surface area contributed by atoms with E-state index in [-0.39, 0.29) is 29.3 Å². The first kappa shape index (κ1) is 19.6. The maximum atomic E-state index is 14.6. The summed E-state index contributed by atoms with van der Waals surface area (Å²) < 4.78 is 14.6. The molecule has 3 nitrogen and oxygen atoms in total. The Morgan fingerprint density at radius 3 is 2.48 bits per heavy atom. The fourth-order valence-electron chi connectivity index (χ4n) is 4.68. The molecule has 0 saturated heterocycles. The molecule has 29 heavy (non-hydrogen) atoms. The van der Waals surface area contributed by atoms with E-state index in [1.54, 1.807) is 23.1 Å². The summed E-state index contributed by atoms with van der Waals surface area (Å²) in [7, 11) is 0. The highest BCUT2D eigenvalue weighted by molar-refractivity contribution is 6.08. The Kier molecular flexibility index (Phi) is 4.68. The second kappa shape index (κ2) is 6.94. The number of aryl methyl sites for hydroxylation is 2. The molecule has 0 radical (unpaired) electrons. The lowest BCUT2D eigenvalue weighted by Gasteiger charge is -2.43. The number of nitrogens with zero attached hydrogens (tertiary/aromatic N) is 1. The first-order valence-corrected chi connectivity index (χ1v) is 10.1. The Morgan fingerprint density at radius 2 is 1.76 bits per heavy atom. The SMILES string of the molecule is Cc1ccc(C)c(N2C(=O)CC(c3ccccc3F)C3=C2CC(C)(C)CC3=O)c1. The summed E-state index contributed by atoms with van der Waals surface area (Å²) in [5.41, 5.74) is 4.39. The van der Waals surface area contributed by atoms with Crippen molar-refractivity contribution >= 4 is 17.4 Å². The third-order valence-corrected chi connectivity index (χ3v) is 6.03. The maximum absolute atomic E-state index is 14.6. The number of anilines is 1. The normalized spacial score (nSPS) is 21.4. The van der Waals surface area contributed by atoms with Crippen LogP contribution in [0.15, 0.2) is 53.7 Å². The van der Waals surface area contributed by atoms with Gasteiger partial charge in [-0.2, -0.15) is 0 Å². The maximum Gasteiger partial charge on any atom is 0.232 e. The third-order valence-electron chi connectivity index (χ3n) is 6.03. The Labute approximate surface area is 171 Å². The number of hydrogen-bond acceptors (Lipinski definition) is 2. The topological polar surface area (TPSA) is 37.4 Å². The minimum absolute atomic E-state index is 0.0207. The van der Waals surface area contributed by atoms with Gasteiger partial charge in [0.15, 0.2) is 5.78 Å². The Balaban J connectivity index is 1.95. The van der Waals surface area contributed by atoms with E-state index in [9.17, 15) is 14.0 Å². The van der Waals surface area contributed by atoms with Crippen molar-refractivity contribution in [2.75, 3.05) is 4.90 Å². The molecule has 0 spiro atoms. The molecule has 0 saturated carbocycles. The van der Waals surface area contributed by atoms with Crippen molar-refractivity contribution in [3.63, 3.8) is 0 Å². The zero-order chi connectivity index (χ0) is 20.9. The first-order chi connectivity index (χ1) is 13.7. The van der Waals surface area contributed by atoms with Gasteiger partial charge in [0, 0.05) is 30.0 Å². The van der Waals surface area contributed by atoms with E-state index in [1.165, 1.54) is 6.07 Å². The summed E-state index contributed by atoms with van der Waals surface area (Å²) in [6.07, 6.45) is 1.11. The molecule has 0 bridgehead atoms. The molecule has 1 atom stereocenters. The van der Waals surface area contributed by atoms with Gasteiger partial charge in [0.2, 0.25) is 5.91 Å². The number of carbonyl (C=O) groups excluding carboxylic acids is 2. The number of Topliss-reactive ketones (excluding diaryl/α,β-unsaturated/α-hetero) is 1. The molecule has 0 N–H and O–H groups in total. The van der Waals surface area contributed by atoms with Crippen molar-refractivity contribution in [1.29, 1.82) is 0 Å². The van der Waals surface area contributed by atoms with Gasteiger partial charge >= 0.3 is 0 Å². The molecule has 1 amide bonds. The smallest absolute Gasteiger partial charge is 0.232 e. The minimum atomic E-state index is -0.524. The number of hydrogen-bond donors (Lipinski definition) is 0. The lowest BCUT2D eigenvalue weighted by molar-refractivity contribution is -0.121. The number of rotatable bonds is 2. The number of carbonyl (C=O) groups is 2. The van der Waals surface area contributed by atoms with E-state index in [4.69, 9.17) is 0 Å². The van der Waals surface area contributed by atoms with Crippen molar-refractivity contribution in [1.82, 2.24) is 0 Å². The monoisotopic (exact) mass is 391 g/mol. The molecule has 1 heterocycles. The molecular formula is C25H26FNO2. The van der Waals surface area contributed by atoms with Gasteiger partial charge in [0.05, 0.1) is 5.69 Å². The average Bonchev–Trinajstić information content (AvgIpc) is 2.63. The third kappa shape index (κ3) is 3.41. The lowest BCUT2D eigenvalue weighted by Crippen LogP contribution is -2.44. The van der Waals surface area contributed by atoms with Gasteiger partial charge in [-0.15, -0.1) is 0 Å². The van der Waals surface area contributed by atoms with E-state index < -0.39 is 5.92 Å². The van der Waals surface area contributed by atoms with E-state index >= 15 is 0 Å². The fraction of sp³-hybridized carbons (Fsp3) is 0.360. The molecular weight excluding hydrogens is 365 g/mol. The first-order valence-electron chi connectivity index (χ1n) is 10.1. The minimum Gasteiger partial charge on any atom is -0.294 e. The molecule has 4 rings (SSSR count). The standard InChI is InChI=1S/C25H26FNO2/c1-15-9-10-16(2)20(11-15)27-21-13-25(3,4)14-22(28)24(21)18(12-23(27)29)17-7-5-6-8-19(17)26/h5-11,18H,12-14H2,1-4H3. The van der Waals surface area contributed by atoms with Crippen LogP contribution in [0.3, 0.4) is 0 Å². The molecule has 2 aromatic rings. The number of benzene rings is 2. The summed E-state index contributed by atoms with van der Waals surface area (Å²) in [5.74, 6) is -0.956. The summed E-state index contributed by atoms with van der Waals surface area (Å²) in [6, 6.07) is 12.5. The number of allylic oxidation sites excluding steroid dienone is 2. The second-order valence-electron chi connectivity index (χ2n) is 9.10. The van der Waals surface area contributed by atoms with Crippen LogP contribution in [0.4, 0.5) is 10.1 Å². The van der Waals surface area contributed by atoms with Gasteiger partial charge < -0.3 is 0 Å². The van der Waals surface area contributed by atoms with Crippen LogP contribution >= 0.6 is 0 Å². The van der Waals surface area contributed by atoms with Crippen molar-refractivity contribution in [3.8, 4) is 0 Å². The van der Waals surface area contributed by atoms with Crippen LogP contribution in [-0.4, -0.2) is 11.7 Å². The molecule has 0 fully saturated rings. The van der Waals surface area contributed by atoms with E-state index in [0.717, 1.165) is 22.5 Å². The number of ketones is 1. The van der Waals surface area contributed by atoms with Crippen molar-refractivity contribution in [3.05, 3.63) is 76.2 Å². The molecule has 1 unspecified atom stereocenters. The highest BCUT2D eigenvalue weighted by Crippen LogP contribution is 2.48. The van der Waals surface area contributed by atoms with Crippen molar-refractivity contribution < 1.29 is 14.0 Å². The summed E-state index contributed by atoms with van der Waals surface area (Å²) in [4.78, 5) is 28.4. The zero-order valence-corrected chi connectivity index (χ0v) is 17.4. The fourth-order valence-corrected chi connectivity index (χ4v) is 4.68. The van der Waals surface area contributed by atoms with Gasteiger partial charge in [0.25, 0.3) is 0 Å². The summed E-state index contributed by atoms with van der Waals surface area (Å²) >= 11 is 0. The quantitative estimate of drug-likeness (QED) is 0.668. The summed E-state index contributed by atoms with van der Waals surface area (Å²) in [6.45, 7) is 8.06. The molecule has 150 valence electrons. The average molecular weight is 391 g/mol. The number of amides is 1. The van der Waals surface area contributed by atoms with Gasteiger partial charge in [-0.25, -0.2) is 4.39 Å². The highest BCUT2D eigenvalue weighted by Gasteiger charge is 2.45. The van der Waals surface area contributed by atoms with Gasteiger partial charge in [-0.1, -0.05) is 44.2 Å². The Morgan fingerprint density at radius 1 is 1.03 bits per heavy atom. The van der Waals surface area contributed by atoms with Gasteiger partial charge in [-0.05, 0) is 54.5 Å². The molecule has 4 heteroatoms. The predicted molar refractivity (Wildman–Crippen MR) is 112 cm³/mol. The van der Waals surface area contributed by atoms with Crippen LogP contribution in [0.25, 0.3) is 0 Å². The predicted octanol–water partition coefficient (Wildman–Crippen LogP) is 5.61. The Hall–Kier alpha value is -2.75. The van der Waals surface area contributed by atoms with Gasteiger partial charge in [0.1, 0.15) is 5.82 Å². The van der Waals surface area contributed by atoms with E-state index in [0.29, 0.717) is 24.0 Å². The second-order valence-corrected chi connectivity index (χ2v) is 9.10. The largest absolute Gasteiger partial charge is 0.294 e. The van der Waals surface area contributed by atoms with Crippen LogP contribution in [-0.2, 0) is 9.59 Å². The molecule has 1 aliphatic carbocycles. The lowest BCUT2D eigenvalue weighted by atomic mass is 9.69. The Bertz CT molecular complexity index is 1050. The van der Waals surface area contributed by atoms with Crippen LogP contribution in [0.1, 0.15) is 55.7 Å². The van der Waals surface area contributed by atoms with Crippen LogP contribution in [0.2, 0.25) is 0 Å². The zero-order valence-electron chi connectivity index (χ0n) is 17.4. The van der Waals surface area contributed by atoms with Crippen molar-refractivity contribution in [2.24, 2.45) is 5.41 Å². The van der Waals surface area contributed by atoms with E-state index in [1.807, 2.05) is 45.9 Å². The summed E-state index contributed by atoms with van der Waals surface area (Å²) in [5, 5.41) is 0. The van der Waals surface area contributed by atoms with Crippen LogP contribution in [0, 0.1) is 25.1 Å². The number of halogens is 1. The molecule has 0 aromatic heterocycles. The molecule has 1 aliphatic heterocycles. The van der Waals surface area contributed by atoms with Crippen molar-refractivity contribution in [2.45, 2.75) is 52.9 Å². The van der Waals surface area contributed by atoms with Gasteiger partial charge in [-0.3, -0.25) is 14.5 Å². The highest BCUT2D eigenvalue weighted by atomic mass is 19.1. The van der Waals surface area contributed by atoms with Crippen LogP contribution < -0.4 is 4.90 Å². The molecule has 2 aliphatic rings. The van der Waals surface area contributed by atoms with Crippen LogP contribution in [0.5, 0.6) is 0 Å².